The number of nitrogens with one attached hydrogen (secondary N) is 1. The molecule has 0 radical (unpaired) electrons. The van der Waals surface area contributed by atoms with Crippen LogP contribution in [0.2, 0.25) is 0 Å². The molecule has 1 N–H and O–H groups in total. The Morgan fingerprint density at radius 2 is 1.74 bits per heavy atom. The maximum Gasteiger partial charge on any atom is 0.132 e. The number of benzene rings is 1. The molecule has 0 bridgehead atoms. The predicted molar refractivity (Wildman–Crippen MR) is 72.7 cm³/mol. The van der Waals surface area contributed by atoms with Crippen LogP contribution in [0.4, 0.5) is 0 Å². The lowest BCUT2D eigenvalue weighted by Crippen LogP contribution is -2.21. The van der Waals surface area contributed by atoms with Crippen molar-refractivity contribution < 1.29 is 14.2 Å². The van der Waals surface area contributed by atoms with Crippen molar-refractivity contribution in [2.24, 2.45) is 0 Å². The lowest BCUT2D eigenvalue weighted by Gasteiger charge is -2.19. The van der Waals surface area contributed by atoms with Crippen LogP contribution >= 0.6 is 0 Å². The summed E-state index contributed by atoms with van der Waals surface area (Å²) >= 11 is 0. The third-order valence-corrected chi connectivity index (χ3v) is 2.77. The van der Waals surface area contributed by atoms with Gasteiger partial charge in [0.2, 0.25) is 0 Å². The van der Waals surface area contributed by atoms with Crippen LogP contribution in [0.15, 0.2) is 12.1 Å². The minimum Gasteiger partial charge on any atom is -0.496 e. The number of rotatable bonds is 7. The summed E-state index contributed by atoms with van der Waals surface area (Å²) in [7, 11) is 4.70. The second-order valence-electron chi connectivity index (χ2n) is 3.96. The minimum absolute atomic E-state index is 0.476. The number of hydrogen-bond donors (Lipinski definition) is 1. The van der Waals surface area contributed by atoms with Gasteiger partial charge in [-0.05, 0) is 13.0 Å². The second kappa shape index (κ2) is 7.49. The van der Waals surface area contributed by atoms with Gasteiger partial charge in [0.05, 0.1) is 33.0 Å². The Morgan fingerprint density at radius 3 is 2.11 bits per heavy atom. The highest BCUT2D eigenvalue weighted by Crippen LogP contribution is 2.38. The van der Waals surface area contributed by atoms with Gasteiger partial charge in [-0.1, -0.05) is 6.92 Å². The van der Waals surface area contributed by atoms with Gasteiger partial charge < -0.3 is 14.2 Å². The molecule has 0 aliphatic carbocycles. The van der Waals surface area contributed by atoms with Gasteiger partial charge in [0.15, 0.2) is 0 Å². The summed E-state index contributed by atoms with van der Waals surface area (Å²) in [6, 6.07) is 5.24. The first-order chi connectivity index (χ1) is 9.21. The molecule has 0 aromatic heterocycles. The lowest BCUT2D eigenvalue weighted by molar-refractivity contribution is 0.363. The van der Waals surface area contributed by atoms with Gasteiger partial charge in [0, 0.05) is 12.1 Å². The molecule has 0 saturated carbocycles. The zero-order valence-electron chi connectivity index (χ0n) is 11.8. The first-order valence-electron chi connectivity index (χ1n) is 6.14. The number of hydrogen-bond acceptors (Lipinski definition) is 5. The van der Waals surface area contributed by atoms with E-state index in [1.54, 1.807) is 33.5 Å². The minimum atomic E-state index is -0.476. The molecule has 1 unspecified atom stereocenters. The first kappa shape index (κ1) is 15.1. The van der Waals surface area contributed by atoms with E-state index in [1.165, 1.54) is 0 Å². The molecule has 0 saturated heterocycles. The van der Waals surface area contributed by atoms with Gasteiger partial charge in [-0.25, -0.2) is 0 Å². The van der Waals surface area contributed by atoms with Crippen LogP contribution in [0.3, 0.4) is 0 Å². The molecule has 1 rings (SSSR count). The molecule has 1 atom stereocenters. The van der Waals surface area contributed by atoms with Crippen LogP contribution in [-0.4, -0.2) is 27.9 Å². The SMILES string of the molecule is CCCNC(C#N)c1c(OC)cc(OC)cc1OC. The van der Waals surface area contributed by atoms with Crippen LogP contribution in [0, 0.1) is 11.3 Å². The molecule has 0 fully saturated rings. The summed E-state index contributed by atoms with van der Waals surface area (Å²) < 4.78 is 15.9. The van der Waals surface area contributed by atoms with E-state index in [4.69, 9.17) is 14.2 Å². The van der Waals surface area contributed by atoms with Crippen LogP contribution in [-0.2, 0) is 0 Å². The summed E-state index contributed by atoms with van der Waals surface area (Å²) in [5.74, 6) is 1.78. The largest absolute Gasteiger partial charge is 0.496 e. The van der Waals surface area contributed by atoms with Crippen molar-refractivity contribution >= 4 is 0 Å². The Bertz CT molecular complexity index is 429. The molecule has 0 aliphatic heterocycles. The molecular weight excluding hydrogens is 244 g/mol. The third-order valence-electron chi connectivity index (χ3n) is 2.77. The third kappa shape index (κ3) is 3.52. The Labute approximate surface area is 114 Å². The number of nitriles is 1. The van der Waals surface area contributed by atoms with Crippen LogP contribution in [0.25, 0.3) is 0 Å². The van der Waals surface area contributed by atoms with E-state index in [0.29, 0.717) is 22.8 Å². The van der Waals surface area contributed by atoms with E-state index in [9.17, 15) is 5.26 Å². The van der Waals surface area contributed by atoms with Crippen molar-refractivity contribution in [2.45, 2.75) is 19.4 Å². The van der Waals surface area contributed by atoms with Crippen molar-refractivity contribution in [3.63, 3.8) is 0 Å². The fourth-order valence-corrected chi connectivity index (χ4v) is 1.82. The van der Waals surface area contributed by atoms with E-state index in [-0.39, 0.29) is 0 Å². The second-order valence-corrected chi connectivity index (χ2v) is 3.96. The van der Waals surface area contributed by atoms with E-state index >= 15 is 0 Å². The average molecular weight is 264 g/mol. The number of methoxy groups -OCH3 is 3. The molecule has 19 heavy (non-hydrogen) atoms. The highest BCUT2D eigenvalue weighted by molar-refractivity contribution is 5.53. The molecule has 0 amide bonds. The molecule has 1 aromatic carbocycles. The zero-order valence-corrected chi connectivity index (χ0v) is 11.8. The maximum absolute atomic E-state index is 9.32. The highest BCUT2D eigenvalue weighted by Gasteiger charge is 2.21. The lowest BCUT2D eigenvalue weighted by atomic mass is 10.0. The van der Waals surface area contributed by atoms with Crippen LogP contribution < -0.4 is 19.5 Å². The summed E-state index contributed by atoms with van der Waals surface area (Å²) in [6.45, 7) is 2.79. The van der Waals surface area contributed by atoms with Gasteiger partial charge in [-0.3, -0.25) is 5.32 Å². The van der Waals surface area contributed by atoms with Gasteiger partial charge in [-0.2, -0.15) is 5.26 Å². The van der Waals surface area contributed by atoms with Crippen molar-refractivity contribution in [1.29, 1.82) is 5.26 Å². The van der Waals surface area contributed by atoms with E-state index < -0.39 is 6.04 Å². The molecular formula is C14H20N2O3. The Balaban J connectivity index is 3.25. The predicted octanol–water partition coefficient (Wildman–Crippen LogP) is 2.28. The van der Waals surface area contributed by atoms with Crippen molar-refractivity contribution in [3.8, 4) is 23.3 Å². The number of nitrogens with zero attached hydrogens (tertiary/aromatic N) is 1. The monoisotopic (exact) mass is 264 g/mol. The standard InChI is InChI=1S/C14H20N2O3/c1-5-6-16-11(9-15)14-12(18-3)7-10(17-2)8-13(14)19-4/h7-8,11,16H,5-6H2,1-4H3. The zero-order chi connectivity index (χ0) is 14.3. The Morgan fingerprint density at radius 1 is 1.16 bits per heavy atom. The van der Waals surface area contributed by atoms with E-state index in [1.807, 2.05) is 6.92 Å². The number of ether oxygens (including phenoxy) is 3. The smallest absolute Gasteiger partial charge is 0.132 e. The topological polar surface area (TPSA) is 63.5 Å². The van der Waals surface area contributed by atoms with Gasteiger partial charge in [-0.15, -0.1) is 0 Å². The molecule has 5 nitrogen and oxygen atoms in total. The Hall–Kier alpha value is -1.93. The fraction of sp³-hybridized carbons (Fsp3) is 0.500. The summed E-state index contributed by atoms with van der Waals surface area (Å²) in [5, 5.41) is 12.5. The van der Waals surface area contributed by atoms with Crippen molar-refractivity contribution in [2.75, 3.05) is 27.9 Å². The molecule has 0 spiro atoms. The van der Waals surface area contributed by atoms with E-state index in [2.05, 4.69) is 11.4 Å². The van der Waals surface area contributed by atoms with Gasteiger partial charge in [0.25, 0.3) is 0 Å². The maximum atomic E-state index is 9.32. The first-order valence-corrected chi connectivity index (χ1v) is 6.14. The highest BCUT2D eigenvalue weighted by atomic mass is 16.5. The van der Waals surface area contributed by atoms with Crippen LogP contribution in [0.1, 0.15) is 24.9 Å². The van der Waals surface area contributed by atoms with Crippen LogP contribution in [0.5, 0.6) is 17.2 Å². The molecule has 5 heteroatoms. The molecule has 1 aromatic rings. The van der Waals surface area contributed by atoms with Crippen molar-refractivity contribution in [3.05, 3.63) is 17.7 Å². The van der Waals surface area contributed by atoms with Crippen molar-refractivity contribution in [1.82, 2.24) is 5.32 Å². The summed E-state index contributed by atoms with van der Waals surface area (Å²) in [4.78, 5) is 0. The normalized spacial score (nSPS) is 11.5. The van der Waals surface area contributed by atoms with Gasteiger partial charge >= 0.3 is 0 Å². The summed E-state index contributed by atoms with van der Waals surface area (Å²) in [5.41, 5.74) is 0.696. The molecule has 104 valence electrons. The molecule has 0 aliphatic rings. The summed E-state index contributed by atoms with van der Waals surface area (Å²) in [6.07, 6.45) is 0.943. The van der Waals surface area contributed by atoms with E-state index in [0.717, 1.165) is 13.0 Å². The molecule has 0 heterocycles. The quantitative estimate of drug-likeness (QED) is 0.818. The fourth-order valence-electron chi connectivity index (χ4n) is 1.82. The Kier molecular flexibility index (Phi) is 5.97. The van der Waals surface area contributed by atoms with Gasteiger partial charge in [0.1, 0.15) is 23.3 Å². The average Bonchev–Trinajstić information content (AvgIpc) is 2.47.